The Labute approximate surface area is 152 Å². The molecule has 1 heteroatoms. The molecule has 2 aliphatic rings. The molecule has 0 bridgehead atoms. The van der Waals surface area contributed by atoms with Gasteiger partial charge in [0.15, 0.2) is 0 Å². The van der Waals surface area contributed by atoms with E-state index >= 15 is 0 Å². The zero-order chi connectivity index (χ0) is 17.6. The van der Waals surface area contributed by atoms with Crippen LogP contribution in [0, 0.1) is 23.2 Å². The van der Waals surface area contributed by atoms with Crippen molar-refractivity contribution in [2.24, 2.45) is 23.2 Å². The third kappa shape index (κ3) is 4.87. The van der Waals surface area contributed by atoms with Gasteiger partial charge in [-0.25, -0.2) is 0 Å². The van der Waals surface area contributed by atoms with Crippen LogP contribution in [0.15, 0.2) is 11.6 Å². The number of allylic oxidation sites excluding steroid dienone is 1. The van der Waals surface area contributed by atoms with Crippen LogP contribution in [0.25, 0.3) is 0 Å². The van der Waals surface area contributed by atoms with Crippen LogP contribution >= 0.6 is 0 Å². The Morgan fingerprint density at radius 1 is 1.08 bits per heavy atom. The molecule has 1 N–H and O–H groups in total. The van der Waals surface area contributed by atoms with Gasteiger partial charge in [-0.2, -0.15) is 0 Å². The summed E-state index contributed by atoms with van der Waals surface area (Å²) in [5, 5.41) is 3.52. The van der Waals surface area contributed by atoms with Gasteiger partial charge in [0.2, 0.25) is 0 Å². The quantitative estimate of drug-likeness (QED) is 0.562. The van der Waals surface area contributed by atoms with Gasteiger partial charge >= 0.3 is 0 Å². The molecule has 0 aromatic heterocycles. The Morgan fingerprint density at radius 2 is 1.71 bits per heavy atom. The van der Waals surface area contributed by atoms with E-state index in [0.29, 0.717) is 11.5 Å². The van der Waals surface area contributed by atoms with E-state index in [2.05, 4.69) is 46.1 Å². The van der Waals surface area contributed by atoms with E-state index < -0.39 is 0 Å². The van der Waals surface area contributed by atoms with Gasteiger partial charge in [0, 0.05) is 6.04 Å². The predicted molar refractivity (Wildman–Crippen MR) is 107 cm³/mol. The number of fused-ring (bicyclic) bond motifs is 1. The van der Waals surface area contributed by atoms with E-state index in [1.165, 1.54) is 70.6 Å². The third-order valence-corrected chi connectivity index (χ3v) is 7.33. The van der Waals surface area contributed by atoms with Crippen LogP contribution in [-0.2, 0) is 0 Å². The van der Waals surface area contributed by atoms with Crippen molar-refractivity contribution in [3.63, 3.8) is 0 Å². The molecule has 2 rings (SSSR count). The molecule has 5 atom stereocenters. The van der Waals surface area contributed by atoms with Gasteiger partial charge in [-0.05, 0) is 62.8 Å². The summed E-state index contributed by atoms with van der Waals surface area (Å²) < 4.78 is 0. The van der Waals surface area contributed by atoms with Crippen molar-refractivity contribution in [1.82, 2.24) is 5.32 Å². The molecule has 0 saturated heterocycles. The Bertz CT molecular complexity index is 399. The Kier molecular flexibility index (Phi) is 7.85. The van der Waals surface area contributed by atoms with Gasteiger partial charge in [-0.3, -0.25) is 0 Å². The second-order valence-electron chi connectivity index (χ2n) is 8.86. The molecule has 3 unspecified atom stereocenters. The van der Waals surface area contributed by atoms with Gasteiger partial charge in [0.25, 0.3) is 0 Å². The van der Waals surface area contributed by atoms with Gasteiger partial charge in [-0.1, -0.05) is 77.4 Å². The highest BCUT2D eigenvalue weighted by Gasteiger charge is 2.55. The van der Waals surface area contributed by atoms with E-state index in [-0.39, 0.29) is 0 Å². The number of hydrogen-bond acceptors (Lipinski definition) is 1. The minimum Gasteiger partial charge on any atom is -0.314 e. The highest BCUT2D eigenvalue weighted by atomic mass is 14.9. The highest BCUT2D eigenvalue weighted by molar-refractivity contribution is 5.20. The summed E-state index contributed by atoms with van der Waals surface area (Å²) in [4.78, 5) is 0. The molecule has 1 nitrogen and oxygen atoms in total. The predicted octanol–water partition coefficient (Wildman–Crippen LogP) is 6.73. The zero-order valence-corrected chi connectivity index (χ0v) is 17.2. The molecule has 24 heavy (non-hydrogen) atoms. The number of rotatable bonds is 4. The number of likely N-dealkylation sites (N-methyl/N-ethyl adjacent to an activating group) is 1. The Hall–Kier alpha value is -0.300. The van der Waals surface area contributed by atoms with Gasteiger partial charge in [0.1, 0.15) is 0 Å². The lowest BCUT2D eigenvalue weighted by Crippen LogP contribution is -2.27. The minimum atomic E-state index is 0.413. The maximum absolute atomic E-state index is 3.52. The summed E-state index contributed by atoms with van der Waals surface area (Å²) in [5.74, 6) is 2.93. The second-order valence-corrected chi connectivity index (χ2v) is 8.86. The fraction of sp³-hybridized carbons (Fsp3) is 0.913. The van der Waals surface area contributed by atoms with Crippen LogP contribution in [0.1, 0.15) is 98.3 Å². The summed E-state index contributed by atoms with van der Waals surface area (Å²) in [6.07, 6.45) is 18.3. The normalized spacial score (nSPS) is 39.2. The second kappa shape index (κ2) is 9.41. The SMILES string of the molecule is CCC1C2CCCCCCCCC/C([C@@H](C)NC)=C\[C@@](C)(CC)C12. The van der Waals surface area contributed by atoms with Gasteiger partial charge < -0.3 is 5.32 Å². The Morgan fingerprint density at radius 3 is 2.29 bits per heavy atom. The lowest BCUT2D eigenvalue weighted by Gasteiger charge is -2.29. The molecule has 0 aromatic carbocycles. The Balaban J connectivity index is 2.21. The zero-order valence-electron chi connectivity index (χ0n) is 17.2. The minimum absolute atomic E-state index is 0.413. The van der Waals surface area contributed by atoms with Crippen molar-refractivity contribution in [2.45, 2.75) is 104 Å². The fourth-order valence-electron chi connectivity index (χ4n) is 5.42. The largest absolute Gasteiger partial charge is 0.314 e. The lowest BCUT2D eigenvalue weighted by atomic mass is 9.77. The third-order valence-electron chi connectivity index (χ3n) is 7.33. The van der Waals surface area contributed by atoms with Crippen molar-refractivity contribution in [3.05, 3.63) is 11.6 Å². The van der Waals surface area contributed by atoms with E-state index in [1.807, 2.05) is 0 Å². The standard InChI is InChI=1S/C23H43N/c1-6-20-21-16-14-12-10-8-9-11-13-15-19(18(3)24-5)17-23(4,7-2)22(20)21/h17-18,20-22,24H,6-16H2,1-5H3/b19-17+/t18-,20?,21?,22?,23-/m1/s1. The first-order valence-electron chi connectivity index (χ1n) is 11.0. The van der Waals surface area contributed by atoms with Crippen LogP contribution in [-0.4, -0.2) is 13.1 Å². The van der Waals surface area contributed by atoms with Gasteiger partial charge in [0.05, 0.1) is 0 Å². The maximum Gasteiger partial charge on any atom is 0.0248 e. The average molecular weight is 334 g/mol. The summed E-state index contributed by atoms with van der Waals surface area (Å²) >= 11 is 0. The monoisotopic (exact) mass is 333 g/mol. The van der Waals surface area contributed by atoms with E-state index in [1.54, 1.807) is 5.57 Å². The van der Waals surface area contributed by atoms with E-state index in [9.17, 15) is 0 Å². The van der Waals surface area contributed by atoms with Gasteiger partial charge in [-0.15, -0.1) is 0 Å². The molecular weight excluding hydrogens is 290 g/mol. The fourth-order valence-corrected chi connectivity index (χ4v) is 5.42. The first-order valence-corrected chi connectivity index (χ1v) is 11.0. The molecule has 1 saturated carbocycles. The van der Waals surface area contributed by atoms with Crippen LogP contribution < -0.4 is 5.32 Å². The topological polar surface area (TPSA) is 12.0 Å². The van der Waals surface area contributed by atoms with Crippen LogP contribution in [0.4, 0.5) is 0 Å². The summed E-state index contributed by atoms with van der Waals surface area (Å²) in [5.41, 5.74) is 2.09. The molecule has 1 fully saturated rings. The molecular formula is C23H43N. The van der Waals surface area contributed by atoms with E-state index in [0.717, 1.165) is 17.8 Å². The van der Waals surface area contributed by atoms with Crippen molar-refractivity contribution in [3.8, 4) is 0 Å². The van der Waals surface area contributed by atoms with Crippen LogP contribution in [0.3, 0.4) is 0 Å². The first-order chi connectivity index (χ1) is 11.6. The maximum atomic E-state index is 3.52. The van der Waals surface area contributed by atoms with Crippen LogP contribution in [0.5, 0.6) is 0 Å². The van der Waals surface area contributed by atoms with Crippen LogP contribution in [0.2, 0.25) is 0 Å². The number of nitrogens with one attached hydrogen (secondary N) is 1. The average Bonchev–Trinajstić information content (AvgIpc) is 3.31. The summed E-state index contributed by atoms with van der Waals surface area (Å²) in [6, 6.07) is 0.529. The molecule has 0 amide bonds. The molecule has 0 heterocycles. The molecule has 140 valence electrons. The molecule has 0 aliphatic heterocycles. The summed E-state index contributed by atoms with van der Waals surface area (Å²) in [7, 11) is 2.12. The van der Waals surface area contributed by atoms with Crippen molar-refractivity contribution < 1.29 is 0 Å². The first kappa shape index (κ1) is 20.0. The van der Waals surface area contributed by atoms with Crippen molar-refractivity contribution in [1.29, 1.82) is 0 Å². The number of hydrogen-bond donors (Lipinski definition) is 1. The highest BCUT2D eigenvalue weighted by Crippen LogP contribution is 2.62. The smallest absolute Gasteiger partial charge is 0.0248 e. The van der Waals surface area contributed by atoms with Crippen molar-refractivity contribution >= 4 is 0 Å². The molecule has 2 aliphatic carbocycles. The molecule has 0 radical (unpaired) electrons. The molecule has 0 aromatic rings. The lowest BCUT2D eigenvalue weighted by molar-refractivity contribution is 0.309. The molecule has 0 spiro atoms. The summed E-state index contributed by atoms with van der Waals surface area (Å²) in [6.45, 7) is 9.76. The van der Waals surface area contributed by atoms with E-state index in [4.69, 9.17) is 0 Å². The van der Waals surface area contributed by atoms with Crippen molar-refractivity contribution in [2.75, 3.05) is 7.05 Å².